The van der Waals surface area contributed by atoms with Crippen LogP contribution in [0.4, 0.5) is 0 Å². The van der Waals surface area contributed by atoms with Gasteiger partial charge in [0.2, 0.25) is 0 Å². The van der Waals surface area contributed by atoms with E-state index in [4.69, 9.17) is 23.2 Å². The van der Waals surface area contributed by atoms with Gasteiger partial charge in [0.05, 0.1) is 0 Å². The Kier molecular flexibility index (Phi) is 34.9. The molecule has 0 aliphatic heterocycles. The number of hydrogen-bond donors (Lipinski definition) is 0. The van der Waals surface area contributed by atoms with Crippen molar-refractivity contribution >= 4 is 23.2 Å². The summed E-state index contributed by atoms with van der Waals surface area (Å²) in [7, 11) is 0. The standard InChI is InChI=1S/C5H5.2C2H5Cl.Ti/c1-2-4-5-3-1;2*1-2-3;/h1-3H,4H2;2*2H2,1H3;/q-1;;;. The molecule has 0 aromatic heterocycles. The van der Waals surface area contributed by atoms with E-state index in [-0.39, 0.29) is 21.7 Å². The average molecular weight is 242 g/mol. The molecule has 70 valence electrons. The van der Waals surface area contributed by atoms with Crippen molar-refractivity contribution < 1.29 is 21.7 Å². The Labute approximate surface area is 101 Å². The Morgan fingerprint density at radius 1 is 1.25 bits per heavy atom. The van der Waals surface area contributed by atoms with Gasteiger partial charge >= 0.3 is 0 Å². The molecule has 1 aliphatic rings. The minimum atomic E-state index is 0. The summed E-state index contributed by atoms with van der Waals surface area (Å²) in [5.74, 6) is 1.44. The van der Waals surface area contributed by atoms with Gasteiger partial charge in [0.25, 0.3) is 0 Å². The van der Waals surface area contributed by atoms with Gasteiger partial charge < -0.3 is 0 Å². The van der Waals surface area contributed by atoms with Crippen LogP contribution in [0.3, 0.4) is 0 Å². The monoisotopic (exact) mass is 241 g/mol. The molecule has 1 aliphatic carbocycles. The first kappa shape index (κ1) is 18.5. The van der Waals surface area contributed by atoms with Crippen molar-refractivity contribution in [3.05, 3.63) is 24.3 Å². The van der Waals surface area contributed by atoms with E-state index in [0.717, 1.165) is 18.2 Å². The third-order valence-corrected chi connectivity index (χ3v) is 0.586. The van der Waals surface area contributed by atoms with Gasteiger partial charge in [-0.2, -0.15) is 6.08 Å². The van der Waals surface area contributed by atoms with Crippen LogP contribution in [-0.4, -0.2) is 11.8 Å². The first-order chi connectivity index (χ1) is 5.33. The zero-order valence-electron chi connectivity index (χ0n) is 7.61. The summed E-state index contributed by atoms with van der Waals surface area (Å²) in [5, 5.41) is 0. The maximum atomic E-state index is 5.00. The zero-order chi connectivity index (χ0) is 8.95. The van der Waals surface area contributed by atoms with E-state index in [1.165, 1.54) is 0 Å². The van der Waals surface area contributed by atoms with Crippen LogP contribution in [0.25, 0.3) is 0 Å². The number of rotatable bonds is 0. The topological polar surface area (TPSA) is 0 Å². The van der Waals surface area contributed by atoms with E-state index in [1.54, 1.807) is 0 Å². The summed E-state index contributed by atoms with van der Waals surface area (Å²) in [6.07, 6.45) is 10.0. The minimum Gasteiger partial charge on any atom is -0.273 e. The molecule has 0 heterocycles. The van der Waals surface area contributed by atoms with Gasteiger partial charge in [-0.25, -0.2) is 12.2 Å². The van der Waals surface area contributed by atoms with Gasteiger partial charge in [0, 0.05) is 33.5 Å². The third kappa shape index (κ3) is 30.9. The Morgan fingerprint density at radius 2 is 1.67 bits per heavy atom. The molecule has 12 heavy (non-hydrogen) atoms. The molecular weight excluding hydrogens is 227 g/mol. The largest absolute Gasteiger partial charge is 0.273 e. The number of allylic oxidation sites excluding steroid dienone is 4. The van der Waals surface area contributed by atoms with Gasteiger partial charge in [-0.3, -0.25) is 6.08 Å². The molecule has 0 saturated carbocycles. The Bertz CT molecular complexity index is 88.7. The van der Waals surface area contributed by atoms with Crippen LogP contribution in [0.2, 0.25) is 0 Å². The van der Waals surface area contributed by atoms with Crippen LogP contribution in [0.15, 0.2) is 18.2 Å². The van der Waals surface area contributed by atoms with Gasteiger partial charge in [-0.15, -0.1) is 29.6 Å². The number of hydrogen-bond acceptors (Lipinski definition) is 0. The van der Waals surface area contributed by atoms with Gasteiger partial charge in [0.1, 0.15) is 0 Å². The van der Waals surface area contributed by atoms with Crippen molar-refractivity contribution in [1.82, 2.24) is 0 Å². The molecule has 3 heteroatoms. The van der Waals surface area contributed by atoms with Crippen molar-refractivity contribution in [2.75, 3.05) is 11.8 Å². The predicted molar refractivity (Wildman–Crippen MR) is 54.4 cm³/mol. The Hall–Kier alpha value is 0.774. The van der Waals surface area contributed by atoms with Crippen LogP contribution >= 0.6 is 23.2 Å². The summed E-state index contributed by atoms with van der Waals surface area (Å²) in [6, 6.07) is 0. The fraction of sp³-hybridized carbons (Fsp3) is 0.556. The molecule has 0 fully saturated rings. The van der Waals surface area contributed by atoms with Crippen molar-refractivity contribution in [1.29, 1.82) is 0 Å². The fourth-order valence-corrected chi connectivity index (χ4v) is 0.340. The average Bonchev–Trinajstić information content (AvgIpc) is 2.44. The first-order valence-corrected chi connectivity index (χ1v) is 4.73. The van der Waals surface area contributed by atoms with Gasteiger partial charge in [-0.05, 0) is 0 Å². The van der Waals surface area contributed by atoms with Crippen LogP contribution in [0.5, 0.6) is 0 Å². The van der Waals surface area contributed by atoms with Crippen molar-refractivity contribution in [3.8, 4) is 0 Å². The van der Waals surface area contributed by atoms with Crippen LogP contribution in [-0.2, 0) is 21.7 Å². The van der Waals surface area contributed by atoms with E-state index < -0.39 is 0 Å². The smallest absolute Gasteiger partial charge is 0.0195 e. The summed E-state index contributed by atoms with van der Waals surface area (Å²) in [6.45, 7) is 3.78. The molecule has 0 N–H and O–H groups in total. The van der Waals surface area contributed by atoms with Crippen molar-refractivity contribution in [3.63, 3.8) is 0 Å². The second-order valence-corrected chi connectivity index (χ2v) is 2.61. The Balaban J connectivity index is -0.000000104. The number of alkyl halides is 2. The van der Waals surface area contributed by atoms with Crippen molar-refractivity contribution in [2.24, 2.45) is 0 Å². The summed E-state index contributed by atoms with van der Waals surface area (Å²) in [5.41, 5.74) is 0. The van der Waals surface area contributed by atoms with E-state index in [2.05, 4.69) is 12.2 Å². The van der Waals surface area contributed by atoms with E-state index in [9.17, 15) is 0 Å². The van der Waals surface area contributed by atoms with Gasteiger partial charge in [-0.1, -0.05) is 13.8 Å². The molecule has 0 spiro atoms. The summed E-state index contributed by atoms with van der Waals surface area (Å²) < 4.78 is 0. The second kappa shape index (κ2) is 22.6. The molecule has 0 amide bonds. The molecule has 0 aromatic rings. The zero-order valence-corrected chi connectivity index (χ0v) is 10.7. The van der Waals surface area contributed by atoms with Crippen LogP contribution in [0.1, 0.15) is 20.3 Å². The minimum absolute atomic E-state index is 0. The maximum Gasteiger partial charge on any atom is 0.0195 e. The molecule has 0 saturated heterocycles. The molecule has 0 nitrogen and oxygen atoms in total. The molecular formula is C9H15Cl2Ti-. The molecule has 0 atom stereocenters. The van der Waals surface area contributed by atoms with Crippen molar-refractivity contribution in [2.45, 2.75) is 20.3 Å². The molecule has 0 aromatic carbocycles. The second-order valence-electron chi connectivity index (χ2n) is 1.54. The van der Waals surface area contributed by atoms with E-state index in [0.29, 0.717) is 0 Å². The predicted octanol–water partition coefficient (Wildman–Crippen LogP) is 3.79. The summed E-state index contributed by atoms with van der Waals surface area (Å²) >= 11 is 10.00. The molecule has 0 bridgehead atoms. The fourth-order valence-electron chi connectivity index (χ4n) is 0.340. The number of halogens is 2. The van der Waals surface area contributed by atoms with E-state index in [1.807, 2.05) is 26.0 Å². The maximum absolute atomic E-state index is 5.00. The molecule has 1 rings (SSSR count). The van der Waals surface area contributed by atoms with Crippen LogP contribution < -0.4 is 0 Å². The van der Waals surface area contributed by atoms with Gasteiger partial charge in [0.15, 0.2) is 0 Å². The molecule has 0 radical (unpaired) electrons. The normalized spacial score (nSPS) is 10.3. The SMILES string of the molecule is CCCl.CCCl.[C-]1=CC=CC1.[Ti]. The Morgan fingerprint density at radius 3 is 1.75 bits per heavy atom. The molecule has 0 unspecified atom stereocenters. The third-order valence-electron chi connectivity index (χ3n) is 0.586. The summed E-state index contributed by atoms with van der Waals surface area (Å²) in [4.78, 5) is 0. The van der Waals surface area contributed by atoms with Crippen LogP contribution in [0, 0.1) is 6.08 Å². The first-order valence-electron chi connectivity index (χ1n) is 3.67. The quantitative estimate of drug-likeness (QED) is 0.344. The van der Waals surface area contributed by atoms with E-state index >= 15 is 0 Å².